The molecule has 1 unspecified atom stereocenters. The molecule has 0 radical (unpaired) electrons. The number of nitrogens with two attached hydrogens (primary N) is 2. The molecule has 0 fully saturated rings. The van der Waals surface area contributed by atoms with Gasteiger partial charge in [0.15, 0.2) is 0 Å². The summed E-state index contributed by atoms with van der Waals surface area (Å²) < 4.78 is 0. The fourth-order valence-corrected chi connectivity index (χ4v) is 1.55. The highest BCUT2D eigenvalue weighted by molar-refractivity contribution is 5.84. The largest absolute Gasteiger partial charge is 0.397 e. The minimum atomic E-state index is -0.398. The fourth-order valence-electron chi connectivity index (χ4n) is 1.55. The molecule has 1 atom stereocenters. The van der Waals surface area contributed by atoms with Gasteiger partial charge in [-0.1, -0.05) is 19.9 Å². The second kappa shape index (κ2) is 4.88. The summed E-state index contributed by atoms with van der Waals surface area (Å²) in [6, 6.07) is 5.27. The number of nitrogen functional groups attached to an aromatic ring is 1. The average Bonchev–Trinajstić information content (AvgIpc) is 2.15. The quantitative estimate of drug-likeness (QED) is 0.674. The van der Waals surface area contributed by atoms with Crippen molar-refractivity contribution < 1.29 is 4.79 Å². The Hall–Kier alpha value is -1.71. The van der Waals surface area contributed by atoms with E-state index in [1.165, 1.54) is 0 Å². The minimum absolute atomic E-state index is 0.123. The Morgan fingerprint density at radius 1 is 1.38 bits per heavy atom. The van der Waals surface area contributed by atoms with Gasteiger partial charge in [-0.2, -0.15) is 0 Å². The SMILES string of the molecule is Cc1ccc(NC(C(N)=O)C(C)C)c(N)c1. The van der Waals surface area contributed by atoms with Gasteiger partial charge in [0.2, 0.25) is 5.91 Å². The molecule has 4 nitrogen and oxygen atoms in total. The van der Waals surface area contributed by atoms with Gasteiger partial charge in [-0.3, -0.25) is 4.79 Å². The summed E-state index contributed by atoms with van der Waals surface area (Å²) in [5.74, 6) is -0.242. The van der Waals surface area contributed by atoms with E-state index < -0.39 is 6.04 Å². The van der Waals surface area contributed by atoms with Crippen LogP contribution in [0.15, 0.2) is 18.2 Å². The van der Waals surface area contributed by atoms with Gasteiger partial charge in [-0.05, 0) is 30.5 Å². The Morgan fingerprint density at radius 3 is 2.44 bits per heavy atom. The van der Waals surface area contributed by atoms with Crippen LogP contribution in [0, 0.1) is 12.8 Å². The Morgan fingerprint density at radius 2 is 2.00 bits per heavy atom. The van der Waals surface area contributed by atoms with Crippen LogP contribution in [-0.2, 0) is 4.79 Å². The molecule has 1 aromatic carbocycles. The third kappa shape index (κ3) is 2.89. The summed E-state index contributed by atoms with van der Waals surface area (Å²) in [5, 5.41) is 3.07. The summed E-state index contributed by atoms with van der Waals surface area (Å²) >= 11 is 0. The lowest BCUT2D eigenvalue weighted by Gasteiger charge is -2.21. The third-order valence-electron chi connectivity index (χ3n) is 2.49. The Balaban J connectivity index is 2.90. The van der Waals surface area contributed by atoms with Crippen molar-refractivity contribution >= 4 is 17.3 Å². The lowest BCUT2D eigenvalue weighted by molar-refractivity contribution is -0.119. The van der Waals surface area contributed by atoms with E-state index in [0.717, 1.165) is 11.3 Å². The molecule has 16 heavy (non-hydrogen) atoms. The molecule has 1 aromatic rings. The zero-order chi connectivity index (χ0) is 12.3. The Kier molecular flexibility index (Phi) is 3.77. The standard InChI is InChI=1S/C12H19N3O/c1-7(2)11(12(14)16)15-10-5-4-8(3)6-9(10)13/h4-7,11,15H,13H2,1-3H3,(H2,14,16). The van der Waals surface area contributed by atoms with Crippen LogP contribution in [0.2, 0.25) is 0 Å². The van der Waals surface area contributed by atoms with Crippen molar-refractivity contribution in [3.63, 3.8) is 0 Å². The third-order valence-corrected chi connectivity index (χ3v) is 2.49. The van der Waals surface area contributed by atoms with Crippen LogP contribution >= 0.6 is 0 Å². The highest BCUT2D eigenvalue weighted by atomic mass is 16.1. The van der Waals surface area contributed by atoms with Gasteiger partial charge in [0.25, 0.3) is 0 Å². The topological polar surface area (TPSA) is 81.1 Å². The van der Waals surface area contributed by atoms with E-state index in [0.29, 0.717) is 5.69 Å². The molecule has 0 heterocycles. The number of hydrogen-bond donors (Lipinski definition) is 3. The normalized spacial score (nSPS) is 12.5. The van der Waals surface area contributed by atoms with Gasteiger partial charge >= 0.3 is 0 Å². The maximum Gasteiger partial charge on any atom is 0.240 e. The van der Waals surface area contributed by atoms with Crippen LogP contribution in [0.4, 0.5) is 11.4 Å². The van der Waals surface area contributed by atoms with Crippen molar-refractivity contribution in [3.8, 4) is 0 Å². The molecule has 88 valence electrons. The van der Waals surface area contributed by atoms with E-state index in [1.54, 1.807) is 0 Å². The van der Waals surface area contributed by atoms with Crippen LogP contribution in [0.5, 0.6) is 0 Å². The van der Waals surface area contributed by atoms with E-state index in [9.17, 15) is 4.79 Å². The molecule has 1 rings (SSSR count). The molecule has 5 N–H and O–H groups in total. The summed E-state index contributed by atoms with van der Waals surface area (Å²) in [4.78, 5) is 11.2. The summed E-state index contributed by atoms with van der Waals surface area (Å²) in [5.41, 5.74) is 13.6. The molecule has 0 saturated heterocycles. The second-order valence-electron chi connectivity index (χ2n) is 4.36. The molecular weight excluding hydrogens is 202 g/mol. The first-order valence-corrected chi connectivity index (χ1v) is 5.33. The molecule has 0 aliphatic carbocycles. The van der Waals surface area contributed by atoms with Crippen molar-refractivity contribution in [1.82, 2.24) is 0 Å². The maximum atomic E-state index is 11.2. The molecule has 0 aliphatic rings. The van der Waals surface area contributed by atoms with Crippen molar-refractivity contribution in [2.75, 3.05) is 11.1 Å². The van der Waals surface area contributed by atoms with E-state index in [2.05, 4.69) is 5.32 Å². The van der Waals surface area contributed by atoms with E-state index in [-0.39, 0.29) is 11.8 Å². The van der Waals surface area contributed by atoms with Crippen LogP contribution < -0.4 is 16.8 Å². The predicted molar refractivity (Wildman–Crippen MR) is 67.0 cm³/mol. The molecular formula is C12H19N3O. The van der Waals surface area contributed by atoms with Gasteiger partial charge in [0.05, 0.1) is 11.4 Å². The van der Waals surface area contributed by atoms with Crippen LogP contribution in [-0.4, -0.2) is 11.9 Å². The summed E-state index contributed by atoms with van der Waals surface area (Å²) in [6.45, 7) is 5.84. The van der Waals surface area contributed by atoms with Crippen molar-refractivity contribution in [2.45, 2.75) is 26.8 Å². The van der Waals surface area contributed by atoms with Gasteiger partial charge in [0.1, 0.15) is 6.04 Å². The molecule has 0 spiro atoms. The van der Waals surface area contributed by atoms with E-state index in [1.807, 2.05) is 39.0 Å². The number of nitrogens with one attached hydrogen (secondary N) is 1. The number of rotatable bonds is 4. The number of benzene rings is 1. The molecule has 0 bridgehead atoms. The number of primary amides is 1. The highest BCUT2D eigenvalue weighted by Crippen LogP contribution is 2.21. The average molecular weight is 221 g/mol. The van der Waals surface area contributed by atoms with Gasteiger partial charge in [-0.25, -0.2) is 0 Å². The van der Waals surface area contributed by atoms with Crippen molar-refractivity contribution in [3.05, 3.63) is 23.8 Å². The first kappa shape index (κ1) is 12.4. The number of carbonyl (C=O) groups excluding carboxylic acids is 1. The molecule has 1 amide bonds. The Bertz CT molecular complexity index is 388. The molecule has 0 aromatic heterocycles. The fraction of sp³-hybridized carbons (Fsp3) is 0.417. The smallest absolute Gasteiger partial charge is 0.240 e. The van der Waals surface area contributed by atoms with Crippen molar-refractivity contribution in [1.29, 1.82) is 0 Å². The predicted octanol–water partition coefficient (Wildman–Crippen LogP) is 1.50. The first-order valence-electron chi connectivity index (χ1n) is 5.33. The number of hydrogen-bond acceptors (Lipinski definition) is 3. The van der Waals surface area contributed by atoms with E-state index >= 15 is 0 Å². The van der Waals surface area contributed by atoms with Crippen LogP contribution in [0.25, 0.3) is 0 Å². The van der Waals surface area contributed by atoms with Gasteiger partial charge in [0, 0.05) is 0 Å². The molecule has 4 heteroatoms. The number of aryl methyl sites for hydroxylation is 1. The molecule has 0 aliphatic heterocycles. The van der Waals surface area contributed by atoms with Gasteiger partial charge < -0.3 is 16.8 Å². The van der Waals surface area contributed by atoms with E-state index in [4.69, 9.17) is 11.5 Å². The Labute approximate surface area is 96.0 Å². The highest BCUT2D eigenvalue weighted by Gasteiger charge is 2.19. The lowest BCUT2D eigenvalue weighted by Crippen LogP contribution is -2.39. The zero-order valence-corrected chi connectivity index (χ0v) is 9.95. The molecule has 0 saturated carbocycles. The first-order chi connectivity index (χ1) is 7.41. The van der Waals surface area contributed by atoms with Crippen LogP contribution in [0.3, 0.4) is 0 Å². The second-order valence-corrected chi connectivity index (χ2v) is 4.36. The minimum Gasteiger partial charge on any atom is -0.397 e. The number of amides is 1. The summed E-state index contributed by atoms with van der Waals surface area (Å²) in [6.07, 6.45) is 0. The number of anilines is 2. The number of carbonyl (C=O) groups is 1. The lowest BCUT2D eigenvalue weighted by atomic mass is 10.0. The zero-order valence-electron chi connectivity index (χ0n) is 9.95. The van der Waals surface area contributed by atoms with Crippen LogP contribution in [0.1, 0.15) is 19.4 Å². The summed E-state index contributed by atoms with van der Waals surface area (Å²) in [7, 11) is 0. The van der Waals surface area contributed by atoms with Crippen molar-refractivity contribution in [2.24, 2.45) is 11.7 Å². The van der Waals surface area contributed by atoms with Gasteiger partial charge in [-0.15, -0.1) is 0 Å². The maximum absolute atomic E-state index is 11.2. The monoisotopic (exact) mass is 221 g/mol.